The quantitative estimate of drug-likeness (QED) is 0.651. The lowest BCUT2D eigenvalue weighted by Gasteiger charge is -2.17. The smallest absolute Gasteiger partial charge is 0.341 e. The summed E-state index contributed by atoms with van der Waals surface area (Å²) in [4.78, 5) is 11.6. The highest BCUT2D eigenvalue weighted by molar-refractivity contribution is 5.90. The van der Waals surface area contributed by atoms with Crippen molar-refractivity contribution in [1.82, 2.24) is 0 Å². The van der Waals surface area contributed by atoms with Crippen molar-refractivity contribution < 1.29 is 13.9 Å². The molecule has 0 fully saturated rings. The Morgan fingerprint density at radius 3 is 2.59 bits per heavy atom. The zero-order valence-corrected chi connectivity index (χ0v) is 10.4. The van der Waals surface area contributed by atoms with Crippen LogP contribution in [0.5, 0.6) is 0 Å². The largest absolute Gasteiger partial charge is 0.462 e. The lowest BCUT2D eigenvalue weighted by atomic mass is 9.93. The molecule has 0 aliphatic heterocycles. The van der Waals surface area contributed by atoms with Crippen molar-refractivity contribution in [2.45, 2.75) is 27.2 Å². The molecule has 0 radical (unpaired) electrons. The molecule has 1 aromatic carbocycles. The molecule has 0 spiro atoms. The van der Waals surface area contributed by atoms with E-state index in [0.717, 1.165) is 12.5 Å². The summed E-state index contributed by atoms with van der Waals surface area (Å²) < 4.78 is 18.4. The van der Waals surface area contributed by atoms with E-state index in [4.69, 9.17) is 10.5 Å². The van der Waals surface area contributed by atoms with E-state index < -0.39 is 11.8 Å². The van der Waals surface area contributed by atoms with Crippen LogP contribution in [-0.2, 0) is 4.74 Å². The van der Waals surface area contributed by atoms with Crippen LogP contribution >= 0.6 is 0 Å². The second kappa shape index (κ2) is 5.17. The maximum atomic E-state index is 13.4. The fourth-order valence-electron chi connectivity index (χ4n) is 1.22. The fraction of sp³-hybridized carbons (Fsp3) is 0.462. The molecule has 0 saturated carbocycles. The number of hydrogen-bond acceptors (Lipinski definition) is 3. The van der Waals surface area contributed by atoms with Crippen molar-refractivity contribution in [1.29, 1.82) is 0 Å². The second-order valence-electron chi connectivity index (χ2n) is 5.19. The number of carbonyl (C=O) groups is 1. The van der Waals surface area contributed by atoms with Crippen LogP contribution in [0.4, 0.5) is 10.1 Å². The fourth-order valence-corrected chi connectivity index (χ4v) is 1.22. The van der Waals surface area contributed by atoms with Crippen molar-refractivity contribution in [3.05, 3.63) is 29.6 Å². The third-order valence-electron chi connectivity index (χ3n) is 2.30. The van der Waals surface area contributed by atoms with Gasteiger partial charge in [-0.1, -0.05) is 20.8 Å². The minimum Gasteiger partial charge on any atom is -0.462 e. The molecule has 0 amide bonds. The van der Waals surface area contributed by atoms with Gasteiger partial charge in [0.15, 0.2) is 0 Å². The molecule has 2 N–H and O–H groups in total. The lowest BCUT2D eigenvalue weighted by molar-refractivity contribution is 0.0459. The average Bonchev–Trinajstić information content (AvgIpc) is 2.15. The van der Waals surface area contributed by atoms with Gasteiger partial charge in [-0.2, -0.15) is 0 Å². The van der Waals surface area contributed by atoms with Gasteiger partial charge in [0.2, 0.25) is 0 Å². The first kappa shape index (κ1) is 13.5. The number of halogens is 1. The molecule has 0 aliphatic carbocycles. The molecule has 4 heteroatoms. The molecule has 0 bridgehead atoms. The summed E-state index contributed by atoms with van der Waals surface area (Å²) in [5.74, 6) is -1.29. The molecule has 0 aromatic heterocycles. The van der Waals surface area contributed by atoms with E-state index in [1.807, 2.05) is 20.8 Å². The van der Waals surface area contributed by atoms with E-state index in [2.05, 4.69) is 0 Å². The molecule has 0 unspecified atom stereocenters. The first-order valence-electron chi connectivity index (χ1n) is 5.52. The summed E-state index contributed by atoms with van der Waals surface area (Å²) >= 11 is 0. The maximum absolute atomic E-state index is 13.4. The normalized spacial score (nSPS) is 11.3. The zero-order valence-electron chi connectivity index (χ0n) is 10.4. The Morgan fingerprint density at radius 1 is 1.41 bits per heavy atom. The number of rotatable bonds is 3. The van der Waals surface area contributed by atoms with Crippen LogP contribution < -0.4 is 5.73 Å². The number of carbonyl (C=O) groups excluding carboxylic acids is 1. The van der Waals surface area contributed by atoms with Crippen molar-refractivity contribution in [2.75, 3.05) is 12.3 Å². The monoisotopic (exact) mass is 239 g/mol. The lowest BCUT2D eigenvalue weighted by Crippen LogP contribution is -2.14. The van der Waals surface area contributed by atoms with Crippen molar-refractivity contribution in [3.8, 4) is 0 Å². The van der Waals surface area contributed by atoms with Gasteiger partial charge in [-0.3, -0.25) is 0 Å². The number of hydrogen-bond donors (Lipinski definition) is 1. The number of esters is 1. The van der Waals surface area contributed by atoms with Gasteiger partial charge in [-0.15, -0.1) is 0 Å². The molecule has 1 rings (SSSR count). The first-order chi connectivity index (χ1) is 7.79. The van der Waals surface area contributed by atoms with E-state index in [1.165, 1.54) is 12.1 Å². The summed E-state index contributed by atoms with van der Waals surface area (Å²) in [5.41, 5.74) is 5.69. The van der Waals surface area contributed by atoms with Gasteiger partial charge >= 0.3 is 5.97 Å². The molecule has 0 heterocycles. The van der Waals surface area contributed by atoms with Gasteiger partial charge in [-0.25, -0.2) is 9.18 Å². The number of anilines is 1. The molecule has 0 atom stereocenters. The van der Waals surface area contributed by atoms with Gasteiger partial charge in [0.25, 0.3) is 0 Å². The molecule has 1 aromatic rings. The van der Waals surface area contributed by atoms with Crippen LogP contribution in [0.25, 0.3) is 0 Å². The third kappa shape index (κ3) is 4.43. The number of nitrogens with two attached hydrogens (primary N) is 1. The highest BCUT2D eigenvalue weighted by Gasteiger charge is 2.15. The first-order valence-corrected chi connectivity index (χ1v) is 5.52. The topological polar surface area (TPSA) is 52.3 Å². The Labute approximate surface area is 101 Å². The van der Waals surface area contributed by atoms with Gasteiger partial charge in [0.1, 0.15) is 5.82 Å². The van der Waals surface area contributed by atoms with Crippen molar-refractivity contribution >= 4 is 11.7 Å². The Balaban J connectivity index is 2.59. The Kier molecular flexibility index (Phi) is 4.10. The molecule has 3 nitrogen and oxygen atoms in total. The highest BCUT2D eigenvalue weighted by atomic mass is 19.1. The van der Waals surface area contributed by atoms with Crippen LogP contribution in [-0.4, -0.2) is 12.6 Å². The highest BCUT2D eigenvalue weighted by Crippen LogP contribution is 2.19. The third-order valence-corrected chi connectivity index (χ3v) is 2.30. The number of nitrogen functional groups attached to an aromatic ring is 1. The minimum atomic E-state index is -0.647. The molecule has 0 saturated heterocycles. The van der Waals surface area contributed by atoms with Gasteiger partial charge in [0, 0.05) is 5.69 Å². The Hall–Kier alpha value is -1.58. The standard InChI is InChI=1S/C13H18FNO2/c1-13(2,3)6-7-17-12(16)10-5-4-9(15)8-11(10)14/h4-5,8H,6-7,15H2,1-3H3. The van der Waals surface area contributed by atoms with Crippen molar-refractivity contribution in [2.24, 2.45) is 5.41 Å². The maximum Gasteiger partial charge on any atom is 0.341 e. The summed E-state index contributed by atoms with van der Waals surface area (Å²) in [6, 6.07) is 3.92. The number of ether oxygens (including phenoxy) is 1. The van der Waals surface area contributed by atoms with Crippen LogP contribution in [0.15, 0.2) is 18.2 Å². The van der Waals surface area contributed by atoms with E-state index in [0.29, 0.717) is 0 Å². The van der Waals surface area contributed by atoms with E-state index in [9.17, 15) is 9.18 Å². The van der Waals surface area contributed by atoms with Crippen LogP contribution in [0.2, 0.25) is 0 Å². The van der Waals surface area contributed by atoms with Crippen LogP contribution in [0.3, 0.4) is 0 Å². The SMILES string of the molecule is CC(C)(C)CCOC(=O)c1ccc(N)cc1F. The van der Waals surface area contributed by atoms with Crippen LogP contribution in [0, 0.1) is 11.2 Å². The van der Waals surface area contributed by atoms with E-state index >= 15 is 0 Å². The summed E-state index contributed by atoms with van der Waals surface area (Å²) in [6.45, 7) is 6.42. The predicted molar refractivity (Wildman–Crippen MR) is 65.2 cm³/mol. The van der Waals surface area contributed by atoms with Gasteiger partial charge in [0.05, 0.1) is 12.2 Å². The summed E-state index contributed by atoms with van der Waals surface area (Å²) in [5, 5.41) is 0. The summed E-state index contributed by atoms with van der Waals surface area (Å²) in [7, 11) is 0. The van der Waals surface area contributed by atoms with Gasteiger partial charge in [-0.05, 0) is 30.0 Å². The molecular weight excluding hydrogens is 221 g/mol. The van der Waals surface area contributed by atoms with Gasteiger partial charge < -0.3 is 10.5 Å². The Morgan fingerprint density at radius 2 is 2.06 bits per heavy atom. The molecule has 0 aliphatic rings. The molecule has 94 valence electrons. The number of benzene rings is 1. The average molecular weight is 239 g/mol. The van der Waals surface area contributed by atoms with E-state index in [1.54, 1.807) is 0 Å². The summed E-state index contributed by atoms with van der Waals surface area (Å²) in [6.07, 6.45) is 0.731. The molecule has 17 heavy (non-hydrogen) atoms. The predicted octanol–water partition coefficient (Wildman–Crippen LogP) is 3.00. The molecular formula is C13H18FNO2. The second-order valence-corrected chi connectivity index (χ2v) is 5.19. The zero-order chi connectivity index (χ0) is 13.1. The van der Waals surface area contributed by atoms with Crippen molar-refractivity contribution in [3.63, 3.8) is 0 Å². The minimum absolute atomic E-state index is 0.0758. The van der Waals surface area contributed by atoms with E-state index in [-0.39, 0.29) is 23.3 Å². The van der Waals surface area contributed by atoms with Crippen LogP contribution in [0.1, 0.15) is 37.6 Å². The Bertz CT molecular complexity index is 410.